The van der Waals surface area contributed by atoms with Gasteiger partial charge in [0.1, 0.15) is 11.5 Å². The van der Waals surface area contributed by atoms with Crippen LogP contribution in [0.5, 0.6) is 0 Å². The highest BCUT2D eigenvalue weighted by Crippen LogP contribution is 2.15. The van der Waals surface area contributed by atoms with Gasteiger partial charge >= 0.3 is 0 Å². The number of anilines is 1. The minimum Gasteiger partial charge on any atom is -0.375 e. The Morgan fingerprint density at radius 3 is 2.96 bits per heavy atom. The van der Waals surface area contributed by atoms with E-state index in [1.54, 1.807) is 6.20 Å². The van der Waals surface area contributed by atoms with Gasteiger partial charge in [-0.05, 0) is 18.6 Å². The number of pyridine rings is 1. The molecule has 1 atom stereocenters. The van der Waals surface area contributed by atoms with E-state index in [1.165, 1.54) is 18.6 Å². The van der Waals surface area contributed by atoms with Gasteiger partial charge in [0.2, 0.25) is 0 Å². The lowest BCUT2D eigenvalue weighted by Crippen LogP contribution is -2.41. The Balaban J connectivity index is 1.56. The van der Waals surface area contributed by atoms with Gasteiger partial charge in [0.15, 0.2) is 0 Å². The summed E-state index contributed by atoms with van der Waals surface area (Å²) >= 11 is 0. The Morgan fingerprint density at radius 1 is 1.35 bits per heavy atom. The lowest BCUT2D eigenvalue weighted by molar-refractivity contribution is 0.0529. The van der Waals surface area contributed by atoms with Crippen molar-refractivity contribution in [3.8, 4) is 0 Å². The van der Waals surface area contributed by atoms with Crippen molar-refractivity contribution in [3.05, 3.63) is 48.2 Å². The van der Waals surface area contributed by atoms with E-state index in [-0.39, 0.29) is 12.0 Å². The number of morpholine rings is 1. The average molecular weight is 313 g/mol. The van der Waals surface area contributed by atoms with Crippen molar-refractivity contribution >= 4 is 11.7 Å². The second kappa shape index (κ2) is 7.15. The fraction of sp³-hybridized carbons (Fsp3) is 0.375. The third-order valence-electron chi connectivity index (χ3n) is 3.62. The highest BCUT2D eigenvalue weighted by atomic mass is 16.5. The first kappa shape index (κ1) is 15.4. The van der Waals surface area contributed by atoms with Gasteiger partial charge in [-0.25, -0.2) is 9.97 Å². The Hall–Kier alpha value is -2.54. The number of nitrogens with zero attached hydrogens (tertiary/aromatic N) is 4. The fourth-order valence-corrected chi connectivity index (χ4v) is 2.42. The number of nitrogens with one attached hydrogen (secondary N) is 1. The SMILES string of the molecule is CC1CN(c2ccc(CNC(=O)c3cnccn3)cn2)CCO1. The molecule has 2 aromatic rings. The van der Waals surface area contributed by atoms with E-state index in [0.717, 1.165) is 31.1 Å². The molecule has 0 aliphatic carbocycles. The molecule has 7 nitrogen and oxygen atoms in total. The molecule has 1 unspecified atom stereocenters. The first-order valence-corrected chi connectivity index (χ1v) is 7.58. The Morgan fingerprint density at radius 2 is 2.26 bits per heavy atom. The van der Waals surface area contributed by atoms with Crippen LogP contribution in [0.2, 0.25) is 0 Å². The van der Waals surface area contributed by atoms with Crippen molar-refractivity contribution in [2.45, 2.75) is 19.6 Å². The van der Waals surface area contributed by atoms with E-state index in [9.17, 15) is 4.79 Å². The van der Waals surface area contributed by atoms with Crippen molar-refractivity contribution in [3.63, 3.8) is 0 Å². The number of aromatic nitrogens is 3. The summed E-state index contributed by atoms with van der Waals surface area (Å²) in [4.78, 5) is 26.4. The molecule has 1 aliphatic heterocycles. The molecule has 0 bridgehead atoms. The smallest absolute Gasteiger partial charge is 0.271 e. The Kier molecular flexibility index (Phi) is 4.77. The lowest BCUT2D eigenvalue weighted by atomic mass is 10.2. The van der Waals surface area contributed by atoms with E-state index >= 15 is 0 Å². The molecule has 0 radical (unpaired) electrons. The van der Waals surface area contributed by atoms with Crippen LogP contribution in [0.3, 0.4) is 0 Å². The molecule has 1 N–H and O–H groups in total. The van der Waals surface area contributed by atoms with E-state index in [4.69, 9.17) is 4.74 Å². The van der Waals surface area contributed by atoms with Crippen LogP contribution in [0.4, 0.5) is 5.82 Å². The van der Waals surface area contributed by atoms with Crippen molar-refractivity contribution in [2.24, 2.45) is 0 Å². The predicted octanol–water partition coefficient (Wildman–Crippen LogP) is 1.03. The quantitative estimate of drug-likeness (QED) is 0.908. The molecule has 1 amide bonds. The molecule has 23 heavy (non-hydrogen) atoms. The van der Waals surface area contributed by atoms with Crippen LogP contribution in [0.1, 0.15) is 23.0 Å². The van der Waals surface area contributed by atoms with Crippen LogP contribution in [0, 0.1) is 0 Å². The van der Waals surface area contributed by atoms with Crippen molar-refractivity contribution in [2.75, 3.05) is 24.6 Å². The number of ether oxygens (including phenoxy) is 1. The number of carbonyl (C=O) groups excluding carboxylic acids is 1. The van der Waals surface area contributed by atoms with Crippen LogP contribution in [0.25, 0.3) is 0 Å². The van der Waals surface area contributed by atoms with Crippen LogP contribution in [-0.2, 0) is 11.3 Å². The molecule has 7 heteroatoms. The minimum atomic E-state index is -0.246. The molecule has 3 heterocycles. The molecule has 0 spiro atoms. The third kappa shape index (κ3) is 4.01. The summed E-state index contributed by atoms with van der Waals surface area (Å²) in [5.41, 5.74) is 1.24. The summed E-state index contributed by atoms with van der Waals surface area (Å²) in [5.74, 6) is 0.688. The normalized spacial score (nSPS) is 17.8. The van der Waals surface area contributed by atoms with Gasteiger partial charge in [-0.3, -0.25) is 9.78 Å². The molecule has 120 valence electrons. The van der Waals surface area contributed by atoms with Gasteiger partial charge in [-0.2, -0.15) is 0 Å². The molecular formula is C16H19N5O2. The number of rotatable bonds is 4. The molecule has 0 aromatic carbocycles. The molecule has 1 saturated heterocycles. The van der Waals surface area contributed by atoms with E-state index in [1.807, 2.05) is 12.1 Å². The Bertz CT molecular complexity index is 647. The van der Waals surface area contributed by atoms with Crippen molar-refractivity contribution in [1.82, 2.24) is 20.3 Å². The third-order valence-corrected chi connectivity index (χ3v) is 3.62. The van der Waals surface area contributed by atoms with Crippen LogP contribution in [-0.4, -0.2) is 46.7 Å². The van der Waals surface area contributed by atoms with E-state index in [0.29, 0.717) is 12.2 Å². The maximum atomic E-state index is 11.9. The first-order chi connectivity index (χ1) is 11.2. The summed E-state index contributed by atoms with van der Waals surface area (Å²) < 4.78 is 5.53. The second-order valence-electron chi connectivity index (χ2n) is 5.43. The standard InChI is InChI=1S/C16H19N5O2/c1-12-11-21(6-7-23-12)15-3-2-13(8-19-15)9-20-16(22)14-10-17-4-5-18-14/h2-5,8,10,12H,6-7,9,11H2,1H3,(H,20,22). The number of carbonyl (C=O) groups is 1. The summed E-state index contributed by atoms with van der Waals surface area (Å²) in [5, 5.41) is 2.81. The molecule has 3 rings (SSSR count). The predicted molar refractivity (Wildman–Crippen MR) is 85.1 cm³/mol. The summed E-state index contributed by atoms with van der Waals surface area (Å²) in [6, 6.07) is 3.95. The molecule has 2 aromatic heterocycles. The van der Waals surface area contributed by atoms with Crippen LogP contribution in [0.15, 0.2) is 36.9 Å². The zero-order valence-corrected chi connectivity index (χ0v) is 13.0. The second-order valence-corrected chi connectivity index (χ2v) is 5.43. The maximum Gasteiger partial charge on any atom is 0.271 e. The van der Waals surface area contributed by atoms with Crippen LogP contribution >= 0.6 is 0 Å². The fourth-order valence-electron chi connectivity index (χ4n) is 2.42. The highest BCUT2D eigenvalue weighted by Gasteiger charge is 2.17. The summed E-state index contributed by atoms with van der Waals surface area (Å²) in [7, 11) is 0. The molecule has 1 fully saturated rings. The van der Waals surface area contributed by atoms with Gasteiger partial charge in [-0.15, -0.1) is 0 Å². The van der Waals surface area contributed by atoms with Gasteiger partial charge in [0, 0.05) is 38.2 Å². The monoisotopic (exact) mass is 313 g/mol. The Labute approximate surface area is 134 Å². The largest absolute Gasteiger partial charge is 0.375 e. The van der Waals surface area contributed by atoms with Gasteiger partial charge in [0.25, 0.3) is 5.91 Å². The van der Waals surface area contributed by atoms with Gasteiger partial charge in [0.05, 0.1) is 18.9 Å². The summed E-state index contributed by atoms with van der Waals surface area (Å²) in [6.07, 6.45) is 6.47. The van der Waals surface area contributed by atoms with Crippen molar-refractivity contribution < 1.29 is 9.53 Å². The van der Waals surface area contributed by atoms with Gasteiger partial charge < -0.3 is 15.0 Å². The first-order valence-electron chi connectivity index (χ1n) is 7.58. The molecule has 0 saturated carbocycles. The minimum absolute atomic E-state index is 0.219. The zero-order valence-electron chi connectivity index (χ0n) is 13.0. The number of amides is 1. The van der Waals surface area contributed by atoms with Crippen molar-refractivity contribution in [1.29, 1.82) is 0 Å². The van der Waals surface area contributed by atoms with E-state index in [2.05, 4.69) is 32.1 Å². The van der Waals surface area contributed by atoms with E-state index < -0.39 is 0 Å². The summed E-state index contributed by atoms with van der Waals surface area (Å²) in [6.45, 7) is 4.87. The van der Waals surface area contributed by atoms with Crippen LogP contribution < -0.4 is 10.2 Å². The zero-order chi connectivity index (χ0) is 16.1. The topological polar surface area (TPSA) is 80.2 Å². The van der Waals surface area contributed by atoms with Gasteiger partial charge in [-0.1, -0.05) is 6.07 Å². The molecule has 1 aliphatic rings. The molecular weight excluding hydrogens is 294 g/mol. The lowest BCUT2D eigenvalue weighted by Gasteiger charge is -2.32. The number of hydrogen-bond donors (Lipinski definition) is 1. The average Bonchev–Trinajstić information content (AvgIpc) is 2.61. The maximum absolute atomic E-state index is 11.9. The number of hydrogen-bond acceptors (Lipinski definition) is 6. The highest BCUT2D eigenvalue weighted by molar-refractivity contribution is 5.91.